The zero-order chi connectivity index (χ0) is 25.7. The average molecular weight is 527 g/mol. The molecule has 4 rings (SSSR count). The van der Waals surface area contributed by atoms with Crippen molar-refractivity contribution in [3.63, 3.8) is 0 Å². The van der Waals surface area contributed by atoms with Gasteiger partial charge in [-0.05, 0) is 71.4 Å². The quantitative estimate of drug-likeness (QED) is 0.377. The first-order chi connectivity index (χ1) is 17.3. The third-order valence-corrected chi connectivity index (χ3v) is 6.31. The first-order valence-electron chi connectivity index (χ1n) is 10.7. The van der Waals surface area contributed by atoms with E-state index in [1.54, 1.807) is 54.6 Å². The zero-order valence-corrected chi connectivity index (χ0v) is 20.6. The average Bonchev–Trinajstić information content (AvgIpc) is 3.12. The summed E-state index contributed by atoms with van der Waals surface area (Å²) in [7, 11) is 1.48. The molecule has 1 N–H and O–H groups in total. The minimum atomic E-state index is -0.551. The van der Waals surface area contributed by atoms with Gasteiger partial charge in [0.15, 0.2) is 0 Å². The van der Waals surface area contributed by atoms with E-state index in [1.807, 2.05) is 0 Å². The molecule has 36 heavy (non-hydrogen) atoms. The van der Waals surface area contributed by atoms with Gasteiger partial charge in [0, 0.05) is 5.69 Å². The van der Waals surface area contributed by atoms with Gasteiger partial charge in [0.2, 0.25) is 5.91 Å². The number of hydrogen-bond acceptors (Lipinski definition) is 6. The molecule has 1 saturated heterocycles. The molecule has 1 fully saturated rings. The van der Waals surface area contributed by atoms with Gasteiger partial charge >= 0.3 is 0 Å². The monoisotopic (exact) mass is 526 g/mol. The molecule has 1 aliphatic rings. The molecule has 10 heteroatoms. The van der Waals surface area contributed by atoms with E-state index in [9.17, 15) is 18.8 Å². The summed E-state index contributed by atoms with van der Waals surface area (Å²) in [6, 6.07) is 17.7. The van der Waals surface area contributed by atoms with Crippen molar-refractivity contribution in [3.8, 4) is 11.5 Å². The molecule has 1 aliphatic heterocycles. The van der Waals surface area contributed by atoms with Crippen molar-refractivity contribution in [2.75, 3.05) is 19.0 Å². The first kappa shape index (κ1) is 25.3. The molecule has 0 spiro atoms. The van der Waals surface area contributed by atoms with E-state index in [0.717, 1.165) is 22.2 Å². The second-order valence-corrected chi connectivity index (χ2v) is 9.05. The Bertz CT molecular complexity index is 1330. The van der Waals surface area contributed by atoms with Crippen molar-refractivity contribution in [3.05, 3.63) is 93.6 Å². The number of imide groups is 1. The SMILES string of the molecule is COc1ccc(NC(=O)CN2C(=O)S/C(=C\c3ccc(OCc4ccc(F)cc4)cc3)C2=O)cc1Cl. The van der Waals surface area contributed by atoms with Crippen LogP contribution in [0, 0.1) is 5.82 Å². The molecule has 0 unspecified atom stereocenters. The number of halogens is 2. The minimum absolute atomic E-state index is 0.209. The Labute approximate surface area is 215 Å². The van der Waals surface area contributed by atoms with E-state index in [4.69, 9.17) is 21.1 Å². The molecule has 0 atom stereocenters. The van der Waals surface area contributed by atoms with Gasteiger partial charge in [0.1, 0.15) is 30.5 Å². The van der Waals surface area contributed by atoms with Crippen LogP contribution in [0.2, 0.25) is 5.02 Å². The summed E-state index contributed by atoms with van der Waals surface area (Å²) in [6.07, 6.45) is 1.58. The summed E-state index contributed by atoms with van der Waals surface area (Å²) in [4.78, 5) is 38.6. The van der Waals surface area contributed by atoms with Gasteiger partial charge < -0.3 is 14.8 Å². The molecule has 3 amide bonds. The van der Waals surface area contributed by atoms with E-state index in [1.165, 1.54) is 25.3 Å². The molecular formula is C26H20ClFN2O5S. The fourth-order valence-electron chi connectivity index (χ4n) is 3.28. The smallest absolute Gasteiger partial charge is 0.294 e. The van der Waals surface area contributed by atoms with Crippen LogP contribution in [0.25, 0.3) is 6.08 Å². The number of ether oxygens (including phenoxy) is 2. The fraction of sp³-hybridized carbons (Fsp3) is 0.115. The van der Waals surface area contributed by atoms with Gasteiger partial charge in [-0.25, -0.2) is 4.39 Å². The number of nitrogens with zero attached hydrogens (tertiary/aromatic N) is 1. The summed E-state index contributed by atoms with van der Waals surface area (Å²) < 4.78 is 23.8. The predicted octanol–water partition coefficient (Wildman–Crippen LogP) is 5.74. The van der Waals surface area contributed by atoms with Crippen molar-refractivity contribution in [2.24, 2.45) is 0 Å². The number of nitrogens with one attached hydrogen (secondary N) is 1. The van der Waals surface area contributed by atoms with Crippen LogP contribution in [-0.4, -0.2) is 35.6 Å². The van der Waals surface area contributed by atoms with E-state index >= 15 is 0 Å². The first-order valence-corrected chi connectivity index (χ1v) is 11.9. The third-order valence-electron chi connectivity index (χ3n) is 5.11. The van der Waals surface area contributed by atoms with Crippen molar-refractivity contribution < 1.29 is 28.2 Å². The number of rotatable bonds is 8. The minimum Gasteiger partial charge on any atom is -0.495 e. The Morgan fingerprint density at radius 3 is 2.47 bits per heavy atom. The largest absolute Gasteiger partial charge is 0.495 e. The second kappa shape index (κ2) is 11.3. The molecule has 3 aromatic rings. The molecule has 0 saturated carbocycles. The van der Waals surface area contributed by atoms with Gasteiger partial charge in [-0.3, -0.25) is 19.3 Å². The van der Waals surface area contributed by atoms with Crippen LogP contribution in [-0.2, 0) is 16.2 Å². The maximum absolute atomic E-state index is 13.0. The summed E-state index contributed by atoms with van der Waals surface area (Å²) in [5.41, 5.74) is 1.93. The Morgan fingerprint density at radius 2 is 1.81 bits per heavy atom. The molecule has 184 valence electrons. The molecule has 3 aromatic carbocycles. The predicted molar refractivity (Wildman–Crippen MR) is 136 cm³/mol. The topological polar surface area (TPSA) is 84.9 Å². The number of anilines is 1. The van der Waals surface area contributed by atoms with Crippen LogP contribution in [0.3, 0.4) is 0 Å². The Morgan fingerprint density at radius 1 is 1.08 bits per heavy atom. The molecule has 0 aliphatic carbocycles. The van der Waals surface area contributed by atoms with E-state index in [0.29, 0.717) is 27.8 Å². The number of benzene rings is 3. The van der Waals surface area contributed by atoms with Gasteiger partial charge in [-0.1, -0.05) is 35.9 Å². The number of carbonyl (C=O) groups excluding carboxylic acids is 3. The summed E-state index contributed by atoms with van der Waals surface area (Å²) in [6.45, 7) is -0.148. The molecular weight excluding hydrogens is 507 g/mol. The maximum atomic E-state index is 13.0. The van der Waals surface area contributed by atoms with E-state index < -0.39 is 23.6 Å². The van der Waals surface area contributed by atoms with Crippen molar-refractivity contribution in [1.29, 1.82) is 0 Å². The number of methoxy groups -OCH3 is 1. The van der Waals surface area contributed by atoms with Gasteiger partial charge in [-0.15, -0.1) is 0 Å². The lowest BCUT2D eigenvalue weighted by atomic mass is 10.2. The van der Waals surface area contributed by atoms with Crippen LogP contribution in [0.4, 0.5) is 14.9 Å². The number of thioether (sulfide) groups is 1. The van der Waals surface area contributed by atoms with Crippen LogP contribution >= 0.6 is 23.4 Å². The highest BCUT2D eigenvalue weighted by Gasteiger charge is 2.36. The highest BCUT2D eigenvalue weighted by atomic mass is 35.5. The summed E-state index contributed by atoms with van der Waals surface area (Å²) >= 11 is 6.82. The molecule has 0 bridgehead atoms. The molecule has 1 heterocycles. The van der Waals surface area contributed by atoms with Gasteiger partial charge in [-0.2, -0.15) is 0 Å². The Kier molecular flexibility index (Phi) is 7.92. The second-order valence-electron chi connectivity index (χ2n) is 7.65. The molecule has 0 radical (unpaired) electrons. The van der Waals surface area contributed by atoms with Crippen LogP contribution < -0.4 is 14.8 Å². The van der Waals surface area contributed by atoms with Crippen molar-refractivity contribution >= 4 is 52.2 Å². The molecule has 7 nitrogen and oxygen atoms in total. The van der Waals surface area contributed by atoms with Gasteiger partial charge in [0.25, 0.3) is 11.1 Å². The lowest BCUT2D eigenvalue weighted by Crippen LogP contribution is -2.36. The van der Waals surface area contributed by atoms with Crippen LogP contribution in [0.15, 0.2) is 71.6 Å². The third kappa shape index (κ3) is 6.24. The lowest BCUT2D eigenvalue weighted by molar-refractivity contribution is -0.127. The Hall–Kier alpha value is -3.82. The van der Waals surface area contributed by atoms with Crippen molar-refractivity contribution in [1.82, 2.24) is 4.90 Å². The standard InChI is InChI=1S/C26H20ClFN2O5S/c1-34-22-11-8-19(13-21(22)27)29-24(31)14-30-25(32)23(36-26(30)33)12-16-4-9-20(10-5-16)35-15-17-2-6-18(28)7-3-17/h2-13H,14-15H2,1H3,(H,29,31)/b23-12-. The Balaban J connectivity index is 1.35. The van der Waals surface area contributed by atoms with Gasteiger partial charge in [0.05, 0.1) is 17.0 Å². The maximum Gasteiger partial charge on any atom is 0.294 e. The highest BCUT2D eigenvalue weighted by Crippen LogP contribution is 2.32. The number of amides is 3. The van der Waals surface area contributed by atoms with E-state index in [2.05, 4.69) is 5.32 Å². The number of hydrogen-bond donors (Lipinski definition) is 1. The number of carbonyl (C=O) groups is 3. The van der Waals surface area contributed by atoms with Crippen LogP contribution in [0.5, 0.6) is 11.5 Å². The molecule has 0 aromatic heterocycles. The summed E-state index contributed by atoms with van der Waals surface area (Å²) in [5, 5.41) is 2.40. The fourth-order valence-corrected chi connectivity index (χ4v) is 4.38. The zero-order valence-electron chi connectivity index (χ0n) is 19.0. The normalized spacial score (nSPS) is 14.3. The highest BCUT2D eigenvalue weighted by molar-refractivity contribution is 8.18. The van der Waals surface area contributed by atoms with Crippen LogP contribution in [0.1, 0.15) is 11.1 Å². The lowest BCUT2D eigenvalue weighted by Gasteiger charge is -2.13. The van der Waals surface area contributed by atoms with Crippen molar-refractivity contribution in [2.45, 2.75) is 6.61 Å². The summed E-state index contributed by atoms with van der Waals surface area (Å²) in [5.74, 6) is -0.347. The van der Waals surface area contributed by atoms with E-state index in [-0.39, 0.29) is 17.3 Å².